The molecule has 2 nitrogen and oxygen atoms in total. The van der Waals surface area contributed by atoms with Crippen LogP contribution in [0.25, 0.3) is 43.8 Å². The van der Waals surface area contributed by atoms with Gasteiger partial charge in [-0.3, -0.25) is 0 Å². The average Bonchev–Trinajstić information content (AvgIpc) is 3.61. The summed E-state index contributed by atoms with van der Waals surface area (Å²) in [5.41, 5.74) is 7.85. The zero-order valence-corrected chi connectivity index (χ0v) is 27.8. The Labute approximate surface area is 275 Å². The van der Waals surface area contributed by atoms with Gasteiger partial charge in [-0.15, -0.1) is 69.1 Å². The molecule has 0 unspecified atom stereocenters. The van der Waals surface area contributed by atoms with E-state index in [-0.39, 0.29) is 51.0 Å². The molecule has 0 aromatic heterocycles. The van der Waals surface area contributed by atoms with E-state index in [1.54, 1.807) is 14.2 Å². The Kier molecular flexibility index (Phi) is 13.4. The van der Waals surface area contributed by atoms with Crippen LogP contribution in [-0.2, 0) is 39.0 Å². The van der Waals surface area contributed by atoms with E-state index in [9.17, 15) is 0 Å². The molecule has 6 aromatic carbocycles. The smallest absolute Gasteiger partial charge is 1.00 e. The van der Waals surface area contributed by atoms with Crippen LogP contribution < -0.4 is 34.3 Å². The second-order valence-corrected chi connectivity index (χ2v) is 9.51. The third-order valence-electron chi connectivity index (χ3n) is 7.24. The van der Waals surface area contributed by atoms with Crippen LogP contribution in [-0.4, -0.2) is 14.2 Å². The maximum Gasteiger partial charge on any atom is 4.00 e. The van der Waals surface area contributed by atoms with Crippen molar-refractivity contribution in [1.29, 1.82) is 0 Å². The third kappa shape index (κ3) is 7.72. The largest absolute Gasteiger partial charge is 4.00 e. The molecule has 0 amide bonds. The predicted molar refractivity (Wildman–Crippen MR) is 162 cm³/mol. The van der Waals surface area contributed by atoms with Crippen molar-refractivity contribution < 1.29 is 60.5 Å². The van der Waals surface area contributed by atoms with Gasteiger partial charge in [0, 0.05) is 0 Å². The second kappa shape index (κ2) is 16.0. The number of ether oxygens (including phenoxy) is 2. The molecule has 0 fully saturated rings. The van der Waals surface area contributed by atoms with Gasteiger partial charge < -0.3 is 34.3 Å². The van der Waals surface area contributed by atoms with Gasteiger partial charge in [-0.2, -0.15) is 12.1 Å². The standard InChI is InChI=1S/2C18H17O.2ClH.Zr/c2*1-3-13-11-15-5-4-6-17(18(15)12-13)14-7-9-16(19-2)10-8-14;;;/h2*4-12H,3H2,1-2H3;2*1H;/q2*-1;;;+4/p-2. The molecular formula is C36H34Cl2O2Zr. The van der Waals surface area contributed by atoms with E-state index >= 15 is 0 Å². The van der Waals surface area contributed by atoms with Crippen molar-refractivity contribution in [1.82, 2.24) is 0 Å². The summed E-state index contributed by atoms with van der Waals surface area (Å²) < 4.78 is 10.4. The SMILES string of the molecule is CCc1cc2c(-c3ccc(OC)cc3)cccc2[cH-]1.CCc1cc2c(-c3ccc(OC)cc3)cccc2[cH-]1.[Cl-].[Cl-].[Zr+4]. The zero-order valence-electron chi connectivity index (χ0n) is 23.9. The minimum Gasteiger partial charge on any atom is -1.00 e. The van der Waals surface area contributed by atoms with Crippen LogP contribution in [0.3, 0.4) is 0 Å². The molecule has 6 rings (SSSR count). The maximum atomic E-state index is 5.21. The van der Waals surface area contributed by atoms with Crippen LogP contribution in [0.1, 0.15) is 25.0 Å². The zero-order chi connectivity index (χ0) is 26.5. The summed E-state index contributed by atoms with van der Waals surface area (Å²) in [4.78, 5) is 0. The molecule has 208 valence electrons. The summed E-state index contributed by atoms with van der Waals surface area (Å²) in [5, 5.41) is 5.32. The number of fused-ring (bicyclic) bond motifs is 2. The molecule has 0 bridgehead atoms. The van der Waals surface area contributed by atoms with Crippen LogP contribution >= 0.6 is 0 Å². The quantitative estimate of drug-likeness (QED) is 0.255. The molecule has 0 saturated heterocycles. The first-order valence-electron chi connectivity index (χ1n) is 13.3. The summed E-state index contributed by atoms with van der Waals surface area (Å²) >= 11 is 0. The fourth-order valence-corrected chi connectivity index (χ4v) is 5.05. The Hall–Kier alpha value is -2.84. The predicted octanol–water partition coefficient (Wildman–Crippen LogP) is 3.60. The van der Waals surface area contributed by atoms with Gasteiger partial charge in [-0.05, 0) is 48.2 Å². The van der Waals surface area contributed by atoms with E-state index in [1.165, 1.54) is 54.9 Å². The molecule has 0 heterocycles. The molecule has 0 radical (unpaired) electrons. The molecule has 0 aliphatic rings. The van der Waals surface area contributed by atoms with Crippen molar-refractivity contribution in [3.63, 3.8) is 0 Å². The van der Waals surface area contributed by atoms with Gasteiger partial charge in [0.15, 0.2) is 0 Å². The number of hydrogen-bond donors (Lipinski definition) is 0. The van der Waals surface area contributed by atoms with Crippen LogP contribution in [0.15, 0.2) is 109 Å². The van der Waals surface area contributed by atoms with Crippen molar-refractivity contribution in [2.75, 3.05) is 14.2 Å². The van der Waals surface area contributed by atoms with Crippen LogP contribution in [0.5, 0.6) is 11.5 Å². The first-order chi connectivity index (χ1) is 18.6. The molecule has 41 heavy (non-hydrogen) atoms. The Bertz CT molecular complexity index is 1520. The maximum absolute atomic E-state index is 5.21. The molecule has 5 heteroatoms. The summed E-state index contributed by atoms with van der Waals surface area (Å²) in [7, 11) is 3.39. The topological polar surface area (TPSA) is 18.5 Å². The van der Waals surface area contributed by atoms with Crippen molar-refractivity contribution in [2.45, 2.75) is 26.7 Å². The first kappa shape index (κ1) is 34.4. The molecule has 0 saturated carbocycles. The number of benzene rings is 4. The number of methoxy groups -OCH3 is 2. The van der Waals surface area contributed by atoms with E-state index in [0.717, 1.165) is 24.3 Å². The van der Waals surface area contributed by atoms with E-state index in [1.807, 2.05) is 24.3 Å². The van der Waals surface area contributed by atoms with Crippen molar-refractivity contribution in [3.8, 4) is 33.8 Å². The third-order valence-corrected chi connectivity index (χ3v) is 7.24. The van der Waals surface area contributed by atoms with E-state index in [4.69, 9.17) is 9.47 Å². The van der Waals surface area contributed by atoms with Gasteiger partial charge in [0.25, 0.3) is 0 Å². The molecule has 0 N–H and O–H groups in total. The fraction of sp³-hybridized carbons (Fsp3) is 0.167. The number of hydrogen-bond acceptors (Lipinski definition) is 2. The van der Waals surface area contributed by atoms with Crippen LogP contribution in [0.2, 0.25) is 0 Å². The second-order valence-electron chi connectivity index (χ2n) is 9.51. The van der Waals surface area contributed by atoms with Gasteiger partial charge in [-0.1, -0.05) is 61.4 Å². The van der Waals surface area contributed by atoms with E-state index in [0.29, 0.717) is 0 Å². The van der Waals surface area contributed by atoms with Gasteiger partial charge in [0.1, 0.15) is 11.5 Å². The van der Waals surface area contributed by atoms with E-state index in [2.05, 4.69) is 98.8 Å². The van der Waals surface area contributed by atoms with Crippen LogP contribution in [0.4, 0.5) is 0 Å². The van der Waals surface area contributed by atoms with Crippen molar-refractivity contribution in [2.24, 2.45) is 0 Å². The molecule has 0 spiro atoms. The van der Waals surface area contributed by atoms with Crippen molar-refractivity contribution in [3.05, 3.63) is 120 Å². The molecule has 0 aliphatic carbocycles. The Morgan fingerprint density at radius 3 is 1.22 bits per heavy atom. The summed E-state index contributed by atoms with van der Waals surface area (Å²) in [6.45, 7) is 4.39. The Morgan fingerprint density at radius 2 is 0.902 bits per heavy atom. The fourth-order valence-electron chi connectivity index (χ4n) is 5.05. The first-order valence-corrected chi connectivity index (χ1v) is 13.3. The Balaban J connectivity index is 0.000000267. The van der Waals surface area contributed by atoms with E-state index < -0.39 is 0 Å². The Morgan fingerprint density at radius 1 is 0.537 bits per heavy atom. The average molecular weight is 661 g/mol. The van der Waals surface area contributed by atoms with Gasteiger partial charge in [0.05, 0.1) is 14.2 Å². The van der Waals surface area contributed by atoms with Gasteiger partial charge in [-0.25, -0.2) is 0 Å². The van der Waals surface area contributed by atoms with Gasteiger partial charge in [0.2, 0.25) is 0 Å². The summed E-state index contributed by atoms with van der Waals surface area (Å²) in [5.74, 6) is 1.79. The minimum absolute atomic E-state index is 0. The normalized spacial score (nSPS) is 10.0. The number of rotatable bonds is 6. The summed E-state index contributed by atoms with van der Waals surface area (Å²) in [6.07, 6.45) is 2.16. The molecule has 6 aromatic rings. The monoisotopic (exact) mass is 658 g/mol. The molecule has 0 atom stereocenters. The minimum atomic E-state index is 0. The molecule has 0 aliphatic heterocycles. The van der Waals surface area contributed by atoms with Crippen LogP contribution in [0, 0.1) is 0 Å². The molecular weight excluding hydrogens is 627 g/mol. The van der Waals surface area contributed by atoms with Gasteiger partial charge >= 0.3 is 26.2 Å². The number of aryl methyl sites for hydroxylation is 2. The summed E-state index contributed by atoms with van der Waals surface area (Å²) in [6, 6.07) is 38.7. The van der Waals surface area contributed by atoms with Crippen molar-refractivity contribution >= 4 is 21.5 Å². The number of halogens is 2.